The number of halogens is 2. The highest BCUT2D eigenvalue weighted by atomic mass is 35.5. The third-order valence-corrected chi connectivity index (χ3v) is 4.48. The normalized spacial score (nSPS) is 11.6. The molecule has 0 unspecified atom stereocenters. The van der Waals surface area contributed by atoms with Crippen molar-refractivity contribution in [3.63, 3.8) is 0 Å². The first-order valence-corrected chi connectivity index (χ1v) is 7.74. The summed E-state index contributed by atoms with van der Waals surface area (Å²) >= 11 is 5.70. The Labute approximate surface area is 126 Å². The minimum absolute atomic E-state index is 0.0572. The Morgan fingerprint density at radius 2 is 2.14 bits per heavy atom. The maximum atomic E-state index is 13.6. The molecule has 0 fully saturated rings. The van der Waals surface area contributed by atoms with Crippen molar-refractivity contribution in [3.05, 3.63) is 52.6 Å². The fourth-order valence-electron chi connectivity index (χ4n) is 1.60. The summed E-state index contributed by atoms with van der Waals surface area (Å²) in [6, 6.07) is 5.33. The van der Waals surface area contributed by atoms with Crippen molar-refractivity contribution < 1.29 is 12.8 Å². The van der Waals surface area contributed by atoms with Crippen LogP contribution in [0, 0.1) is 5.82 Å². The van der Waals surface area contributed by atoms with E-state index in [-0.39, 0.29) is 28.6 Å². The van der Waals surface area contributed by atoms with Gasteiger partial charge in [0.15, 0.2) is 0 Å². The number of benzene rings is 1. The van der Waals surface area contributed by atoms with Crippen LogP contribution in [0.3, 0.4) is 0 Å². The van der Waals surface area contributed by atoms with Crippen molar-refractivity contribution in [2.45, 2.75) is 18.0 Å². The number of aromatic nitrogens is 2. The molecule has 112 valence electrons. The first-order valence-electron chi connectivity index (χ1n) is 5.88. The standard InChI is InChI=1S/C12H12ClFN4O2S/c13-12-8(6-15)4-10(5-11(12)14)21(19,20)17-7-9-2-1-3-16-18-9/h1-5,17H,6-7,15H2. The molecule has 6 nitrogen and oxygen atoms in total. The molecule has 0 saturated heterocycles. The summed E-state index contributed by atoms with van der Waals surface area (Å²) in [7, 11) is -3.90. The number of nitrogens with two attached hydrogens (primary N) is 1. The Balaban J connectivity index is 2.25. The predicted octanol–water partition coefficient (Wildman–Crippen LogP) is 1.21. The van der Waals surface area contributed by atoms with E-state index in [1.54, 1.807) is 12.1 Å². The van der Waals surface area contributed by atoms with E-state index in [0.717, 1.165) is 6.07 Å². The summed E-state index contributed by atoms with van der Waals surface area (Å²) in [4.78, 5) is -0.242. The van der Waals surface area contributed by atoms with Crippen LogP contribution in [-0.4, -0.2) is 18.6 Å². The van der Waals surface area contributed by atoms with Gasteiger partial charge in [-0.1, -0.05) is 11.6 Å². The summed E-state index contributed by atoms with van der Waals surface area (Å²) < 4.78 is 40.2. The smallest absolute Gasteiger partial charge is 0.241 e. The second kappa shape index (κ2) is 6.44. The Hall–Kier alpha value is -1.61. The van der Waals surface area contributed by atoms with E-state index in [4.69, 9.17) is 17.3 Å². The van der Waals surface area contributed by atoms with Gasteiger partial charge in [0.25, 0.3) is 0 Å². The van der Waals surface area contributed by atoms with E-state index in [0.29, 0.717) is 5.69 Å². The van der Waals surface area contributed by atoms with Crippen molar-refractivity contribution in [1.29, 1.82) is 0 Å². The molecule has 1 aromatic carbocycles. The van der Waals surface area contributed by atoms with Gasteiger partial charge in [-0.2, -0.15) is 10.2 Å². The van der Waals surface area contributed by atoms with Gasteiger partial charge in [0.1, 0.15) is 5.82 Å². The molecule has 0 saturated carbocycles. The van der Waals surface area contributed by atoms with Crippen molar-refractivity contribution in [2.75, 3.05) is 0 Å². The fourth-order valence-corrected chi connectivity index (χ4v) is 2.85. The van der Waals surface area contributed by atoms with Crippen LogP contribution in [0.4, 0.5) is 4.39 Å². The molecule has 0 bridgehead atoms. The highest BCUT2D eigenvalue weighted by molar-refractivity contribution is 7.89. The average Bonchev–Trinajstić information content (AvgIpc) is 2.49. The van der Waals surface area contributed by atoms with Gasteiger partial charge in [-0.15, -0.1) is 0 Å². The first-order chi connectivity index (χ1) is 9.94. The van der Waals surface area contributed by atoms with Gasteiger partial charge in [-0.05, 0) is 29.8 Å². The number of nitrogens with one attached hydrogen (secondary N) is 1. The second-order valence-electron chi connectivity index (χ2n) is 4.12. The topological polar surface area (TPSA) is 98.0 Å². The van der Waals surface area contributed by atoms with E-state index in [2.05, 4.69) is 14.9 Å². The predicted molar refractivity (Wildman–Crippen MR) is 75.4 cm³/mol. The Morgan fingerprint density at radius 1 is 1.38 bits per heavy atom. The van der Waals surface area contributed by atoms with Gasteiger partial charge < -0.3 is 5.73 Å². The average molecular weight is 331 g/mol. The molecule has 0 aliphatic heterocycles. The van der Waals surface area contributed by atoms with E-state index in [1.807, 2.05) is 0 Å². The van der Waals surface area contributed by atoms with Crippen molar-refractivity contribution in [3.8, 4) is 0 Å². The van der Waals surface area contributed by atoms with Crippen molar-refractivity contribution in [2.24, 2.45) is 5.73 Å². The van der Waals surface area contributed by atoms with Crippen LogP contribution < -0.4 is 10.5 Å². The summed E-state index contributed by atoms with van der Waals surface area (Å²) in [5.74, 6) is -0.834. The van der Waals surface area contributed by atoms with Gasteiger partial charge in [0, 0.05) is 12.7 Å². The highest BCUT2D eigenvalue weighted by Crippen LogP contribution is 2.24. The molecule has 0 aliphatic rings. The maximum Gasteiger partial charge on any atom is 0.241 e. The molecule has 3 N–H and O–H groups in total. The quantitative estimate of drug-likeness (QED) is 0.858. The molecule has 0 radical (unpaired) electrons. The minimum Gasteiger partial charge on any atom is -0.326 e. The molecule has 9 heteroatoms. The largest absolute Gasteiger partial charge is 0.326 e. The first kappa shape index (κ1) is 15.8. The van der Waals surface area contributed by atoms with Crippen LogP contribution in [0.5, 0.6) is 0 Å². The maximum absolute atomic E-state index is 13.6. The van der Waals surface area contributed by atoms with Crippen molar-refractivity contribution >= 4 is 21.6 Å². The molecule has 0 spiro atoms. The molecule has 0 atom stereocenters. The number of hydrogen-bond acceptors (Lipinski definition) is 5. The SMILES string of the molecule is NCc1cc(S(=O)(=O)NCc2cccnn2)cc(F)c1Cl. The third-order valence-electron chi connectivity index (χ3n) is 2.68. The number of sulfonamides is 1. The van der Waals surface area contributed by atoms with Gasteiger partial charge >= 0.3 is 0 Å². The molecule has 2 aromatic rings. The third kappa shape index (κ3) is 3.73. The van der Waals surface area contributed by atoms with Gasteiger partial charge in [-0.25, -0.2) is 17.5 Å². The summed E-state index contributed by atoms with van der Waals surface area (Å²) in [6.07, 6.45) is 1.47. The lowest BCUT2D eigenvalue weighted by molar-refractivity contribution is 0.575. The summed E-state index contributed by atoms with van der Waals surface area (Å²) in [5.41, 5.74) is 6.07. The van der Waals surface area contributed by atoms with Crippen LogP contribution in [0.2, 0.25) is 5.02 Å². The summed E-state index contributed by atoms with van der Waals surface area (Å²) in [6.45, 7) is -0.123. The van der Waals surface area contributed by atoms with Gasteiger partial charge in [0.2, 0.25) is 10.0 Å². The monoisotopic (exact) mass is 330 g/mol. The number of hydrogen-bond donors (Lipinski definition) is 2. The highest BCUT2D eigenvalue weighted by Gasteiger charge is 2.18. The molecule has 1 heterocycles. The van der Waals surface area contributed by atoms with E-state index in [9.17, 15) is 12.8 Å². The van der Waals surface area contributed by atoms with Gasteiger partial charge in [-0.3, -0.25) is 0 Å². The van der Waals surface area contributed by atoms with E-state index in [1.165, 1.54) is 12.3 Å². The van der Waals surface area contributed by atoms with Crippen LogP contribution >= 0.6 is 11.6 Å². The lowest BCUT2D eigenvalue weighted by Gasteiger charge is -2.09. The number of rotatable bonds is 5. The second-order valence-corrected chi connectivity index (χ2v) is 6.27. The Morgan fingerprint density at radius 3 is 2.76 bits per heavy atom. The van der Waals surface area contributed by atoms with Crippen molar-refractivity contribution in [1.82, 2.24) is 14.9 Å². The zero-order valence-corrected chi connectivity index (χ0v) is 12.3. The Kier molecular flexibility index (Phi) is 4.84. The molecule has 2 rings (SSSR count). The van der Waals surface area contributed by atoms with Crippen LogP contribution in [-0.2, 0) is 23.1 Å². The fraction of sp³-hybridized carbons (Fsp3) is 0.167. The minimum atomic E-state index is -3.90. The Bertz CT molecular complexity index is 740. The van der Waals surface area contributed by atoms with E-state index < -0.39 is 15.8 Å². The molecule has 1 aromatic heterocycles. The lowest BCUT2D eigenvalue weighted by Crippen LogP contribution is -2.24. The van der Waals surface area contributed by atoms with E-state index >= 15 is 0 Å². The molecule has 21 heavy (non-hydrogen) atoms. The zero-order chi connectivity index (χ0) is 15.5. The lowest BCUT2D eigenvalue weighted by atomic mass is 10.2. The molecule has 0 amide bonds. The molecule has 0 aliphatic carbocycles. The summed E-state index contributed by atoms with van der Waals surface area (Å²) in [5, 5.41) is 7.21. The number of nitrogens with zero attached hydrogens (tertiary/aromatic N) is 2. The zero-order valence-electron chi connectivity index (χ0n) is 10.8. The van der Waals surface area contributed by atoms with Crippen LogP contribution in [0.25, 0.3) is 0 Å². The molecular formula is C12H12ClFN4O2S. The van der Waals surface area contributed by atoms with Gasteiger partial charge in [0.05, 0.1) is 22.2 Å². The molecular weight excluding hydrogens is 319 g/mol. The van der Waals surface area contributed by atoms with Crippen LogP contribution in [0.1, 0.15) is 11.3 Å². The van der Waals surface area contributed by atoms with Crippen LogP contribution in [0.15, 0.2) is 35.4 Å².